The molecule has 4 aromatic rings. The molecule has 0 fully saturated rings. The van der Waals surface area contributed by atoms with Crippen molar-refractivity contribution in [1.82, 2.24) is 14.5 Å². The first kappa shape index (κ1) is 28.0. The molecule has 1 atom stereocenters. The molecule has 0 unspecified atom stereocenters. The van der Waals surface area contributed by atoms with Crippen molar-refractivity contribution in [2.75, 3.05) is 0 Å². The van der Waals surface area contributed by atoms with Gasteiger partial charge in [-0.1, -0.05) is 31.2 Å². The Bertz CT molecular complexity index is 1520. The number of pyridine rings is 1. The van der Waals surface area contributed by atoms with E-state index in [9.17, 15) is 23.1 Å². The fourth-order valence-corrected chi connectivity index (χ4v) is 4.60. The molecule has 9 heteroatoms. The maximum atomic E-state index is 14.1. The molecule has 0 radical (unpaired) electrons. The minimum absolute atomic E-state index is 0.0472. The van der Waals surface area contributed by atoms with Crippen LogP contribution >= 0.6 is 0 Å². The molecule has 0 spiro atoms. The van der Waals surface area contributed by atoms with Gasteiger partial charge in [-0.2, -0.15) is 9.37 Å². The van der Waals surface area contributed by atoms with E-state index in [-0.39, 0.29) is 36.1 Å². The van der Waals surface area contributed by atoms with E-state index < -0.39 is 35.1 Å². The van der Waals surface area contributed by atoms with Crippen molar-refractivity contribution in [3.05, 3.63) is 111 Å². The van der Waals surface area contributed by atoms with Gasteiger partial charge in [0.05, 0.1) is 17.7 Å². The Morgan fingerprint density at radius 3 is 2.23 bits per heavy atom. The van der Waals surface area contributed by atoms with Crippen molar-refractivity contribution in [1.29, 1.82) is 0 Å². The summed E-state index contributed by atoms with van der Waals surface area (Å²) in [6.45, 7) is 7.09. The molecule has 4 rings (SSSR count). The molecule has 2 heterocycles. The summed E-state index contributed by atoms with van der Waals surface area (Å²) in [4.78, 5) is 22.0. The third-order valence-electron chi connectivity index (χ3n) is 6.47. The van der Waals surface area contributed by atoms with Crippen LogP contribution in [0.2, 0.25) is 0 Å². The van der Waals surface area contributed by atoms with E-state index in [4.69, 9.17) is 4.74 Å². The van der Waals surface area contributed by atoms with Crippen LogP contribution in [0.4, 0.5) is 13.2 Å². The van der Waals surface area contributed by atoms with Gasteiger partial charge in [0.1, 0.15) is 24.1 Å². The number of halogens is 3. The van der Waals surface area contributed by atoms with E-state index in [0.29, 0.717) is 12.1 Å². The molecule has 2 aromatic heterocycles. The molecule has 6 nitrogen and oxygen atoms in total. The van der Waals surface area contributed by atoms with Crippen LogP contribution in [0, 0.1) is 24.5 Å². The summed E-state index contributed by atoms with van der Waals surface area (Å²) in [7, 11) is 0. The maximum absolute atomic E-state index is 14.1. The average Bonchev–Trinajstić information content (AvgIpc) is 2.87. The maximum Gasteiger partial charge on any atom is 0.261 e. The van der Waals surface area contributed by atoms with Gasteiger partial charge in [-0.05, 0) is 68.1 Å². The van der Waals surface area contributed by atoms with Gasteiger partial charge in [-0.15, -0.1) is 0 Å². The van der Waals surface area contributed by atoms with Crippen LogP contribution in [0.3, 0.4) is 0 Å². The van der Waals surface area contributed by atoms with Crippen molar-refractivity contribution in [3.63, 3.8) is 0 Å². The lowest BCUT2D eigenvalue weighted by molar-refractivity contribution is 0.0575. The Labute approximate surface area is 224 Å². The molecular weight excluding hydrogens is 507 g/mol. The molecule has 1 N–H and O–H groups in total. The predicted molar refractivity (Wildman–Crippen MR) is 142 cm³/mol. The number of hydrogen-bond acceptors (Lipinski definition) is 5. The van der Waals surface area contributed by atoms with Crippen molar-refractivity contribution in [2.24, 2.45) is 0 Å². The average molecular weight is 538 g/mol. The lowest BCUT2D eigenvalue weighted by Gasteiger charge is -2.24. The highest BCUT2D eigenvalue weighted by Gasteiger charge is 2.24. The van der Waals surface area contributed by atoms with E-state index in [1.165, 1.54) is 22.8 Å². The number of nitrogens with zero attached hydrogens (tertiary/aromatic N) is 3. The third-order valence-corrected chi connectivity index (χ3v) is 6.47. The molecule has 0 aliphatic rings. The van der Waals surface area contributed by atoms with Crippen LogP contribution in [0.15, 0.2) is 59.4 Å². The molecule has 2 aromatic carbocycles. The minimum Gasteiger partial charge on any atom is -0.493 e. The fraction of sp³-hybridized carbons (Fsp3) is 0.300. The topological polar surface area (TPSA) is 77.2 Å². The number of rotatable bonds is 9. The first-order chi connectivity index (χ1) is 18.6. The van der Waals surface area contributed by atoms with Gasteiger partial charge in [-0.25, -0.2) is 13.8 Å². The molecular formula is C30H30F3N3O3. The second kappa shape index (κ2) is 11.8. The van der Waals surface area contributed by atoms with Crippen molar-refractivity contribution < 1.29 is 23.0 Å². The predicted octanol–water partition coefficient (Wildman–Crippen LogP) is 6.25. The molecule has 0 saturated heterocycles. The van der Waals surface area contributed by atoms with Gasteiger partial charge < -0.3 is 9.84 Å². The monoisotopic (exact) mass is 537 g/mol. The number of aryl methyl sites for hydroxylation is 1. The first-order valence-electron chi connectivity index (χ1n) is 12.7. The molecule has 39 heavy (non-hydrogen) atoms. The number of ether oxygens (including phenoxy) is 1. The van der Waals surface area contributed by atoms with Crippen LogP contribution in [0.1, 0.15) is 61.4 Å². The standard InChI is InChI=1S/C30H30F3N3O3/c1-5-26(21-13-22(31)15-23(32)14-21)36-28(16-39-17(2)3)35-29(37)25(30(36)38)12-19-6-8-20(9-7-19)24-10-11-27(33)34-18(24)4/h6-11,13-15,17,26,37H,5,12,16H2,1-4H3/t26-/m0/s1. The summed E-state index contributed by atoms with van der Waals surface area (Å²) < 4.78 is 48.6. The Hall–Kier alpha value is -3.98. The van der Waals surface area contributed by atoms with Crippen LogP contribution in [-0.4, -0.2) is 25.7 Å². The zero-order chi connectivity index (χ0) is 28.3. The SMILES string of the molecule is CC[C@@H](c1cc(F)cc(F)c1)n1c(COC(C)C)nc(O)c(Cc2ccc(-c3ccc(F)nc3C)cc2)c1=O. The number of aromatic hydroxyl groups is 1. The second-order valence-electron chi connectivity index (χ2n) is 9.63. The van der Waals surface area contributed by atoms with Crippen molar-refractivity contribution in [3.8, 4) is 17.0 Å². The Kier molecular flexibility index (Phi) is 8.50. The molecule has 0 amide bonds. The van der Waals surface area contributed by atoms with E-state index in [0.717, 1.165) is 22.8 Å². The Morgan fingerprint density at radius 2 is 1.64 bits per heavy atom. The van der Waals surface area contributed by atoms with E-state index >= 15 is 0 Å². The third kappa shape index (κ3) is 6.37. The van der Waals surface area contributed by atoms with Crippen molar-refractivity contribution >= 4 is 0 Å². The van der Waals surface area contributed by atoms with Gasteiger partial charge in [0.25, 0.3) is 5.56 Å². The van der Waals surface area contributed by atoms with Crippen LogP contribution in [0.25, 0.3) is 11.1 Å². The van der Waals surface area contributed by atoms with Gasteiger partial charge >= 0.3 is 0 Å². The number of aromatic nitrogens is 3. The zero-order valence-corrected chi connectivity index (χ0v) is 22.2. The quantitative estimate of drug-likeness (QED) is 0.255. The summed E-state index contributed by atoms with van der Waals surface area (Å²) in [5, 5.41) is 10.8. The van der Waals surface area contributed by atoms with Gasteiger partial charge in [0.15, 0.2) is 0 Å². The first-order valence-corrected chi connectivity index (χ1v) is 12.7. The molecule has 0 aliphatic heterocycles. The van der Waals surface area contributed by atoms with Gasteiger partial charge in [0, 0.05) is 23.7 Å². The highest BCUT2D eigenvalue weighted by atomic mass is 19.1. The van der Waals surface area contributed by atoms with E-state index in [2.05, 4.69) is 9.97 Å². The fourth-order valence-electron chi connectivity index (χ4n) is 4.60. The molecule has 0 bridgehead atoms. The lowest BCUT2D eigenvalue weighted by Crippen LogP contribution is -2.33. The van der Waals surface area contributed by atoms with Crippen molar-refractivity contribution in [2.45, 2.75) is 59.3 Å². The van der Waals surface area contributed by atoms with Crippen LogP contribution < -0.4 is 5.56 Å². The van der Waals surface area contributed by atoms with Crippen LogP contribution in [0.5, 0.6) is 5.88 Å². The summed E-state index contributed by atoms with van der Waals surface area (Å²) in [5.74, 6) is -2.34. The van der Waals surface area contributed by atoms with Gasteiger partial charge in [0.2, 0.25) is 11.8 Å². The Balaban J connectivity index is 1.76. The molecule has 204 valence electrons. The normalized spacial score (nSPS) is 12.2. The van der Waals surface area contributed by atoms with E-state index in [1.807, 2.05) is 26.0 Å². The Morgan fingerprint density at radius 1 is 0.974 bits per heavy atom. The highest BCUT2D eigenvalue weighted by Crippen LogP contribution is 2.27. The number of benzene rings is 2. The summed E-state index contributed by atoms with van der Waals surface area (Å²) in [6.07, 6.45) is 0.225. The summed E-state index contributed by atoms with van der Waals surface area (Å²) in [6, 6.07) is 12.6. The smallest absolute Gasteiger partial charge is 0.261 e. The summed E-state index contributed by atoms with van der Waals surface area (Å²) >= 11 is 0. The van der Waals surface area contributed by atoms with Crippen LogP contribution in [-0.2, 0) is 17.8 Å². The lowest BCUT2D eigenvalue weighted by atomic mass is 9.99. The number of hydrogen-bond donors (Lipinski definition) is 1. The second-order valence-corrected chi connectivity index (χ2v) is 9.63. The summed E-state index contributed by atoms with van der Waals surface area (Å²) in [5.41, 5.74) is 2.67. The van der Waals surface area contributed by atoms with E-state index in [1.54, 1.807) is 32.0 Å². The molecule has 0 saturated carbocycles. The minimum atomic E-state index is -0.755. The largest absolute Gasteiger partial charge is 0.493 e. The highest BCUT2D eigenvalue weighted by molar-refractivity contribution is 5.65. The zero-order valence-electron chi connectivity index (χ0n) is 22.2. The molecule has 0 aliphatic carbocycles. The van der Waals surface area contributed by atoms with Gasteiger partial charge in [-0.3, -0.25) is 9.36 Å².